The van der Waals surface area contributed by atoms with Gasteiger partial charge >= 0.3 is 0 Å². The Morgan fingerprint density at radius 3 is 2.81 bits per heavy atom. The number of hydrogen-bond acceptors (Lipinski definition) is 2. The number of anilines is 1. The van der Waals surface area contributed by atoms with Gasteiger partial charge < -0.3 is 5.73 Å². The van der Waals surface area contributed by atoms with Crippen molar-refractivity contribution >= 4 is 23.1 Å². The largest absolute Gasteiger partial charge is 0.398 e. The van der Waals surface area contributed by atoms with Crippen LogP contribution in [0.1, 0.15) is 36.0 Å². The molecule has 0 saturated heterocycles. The predicted octanol–water partition coefficient (Wildman–Crippen LogP) is 3.61. The third-order valence-electron chi connectivity index (χ3n) is 2.84. The van der Waals surface area contributed by atoms with Gasteiger partial charge in [0.25, 0.3) is 0 Å². The molecule has 1 aromatic rings. The first-order valence-electron chi connectivity index (χ1n) is 5.47. The van der Waals surface area contributed by atoms with E-state index in [9.17, 15) is 4.79 Å². The van der Waals surface area contributed by atoms with E-state index in [-0.39, 0.29) is 5.78 Å². The van der Waals surface area contributed by atoms with E-state index < -0.39 is 0 Å². The van der Waals surface area contributed by atoms with Crippen LogP contribution < -0.4 is 5.73 Å². The molecule has 0 aromatic heterocycles. The first-order chi connectivity index (χ1) is 7.68. The van der Waals surface area contributed by atoms with Crippen molar-refractivity contribution in [1.82, 2.24) is 0 Å². The minimum Gasteiger partial charge on any atom is -0.398 e. The number of allylic oxidation sites excluding steroid dienone is 2. The van der Waals surface area contributed by atoms with Crippen molar-refractivity contribution in [1.29, 1.82) is 0 Å². The molecule has 3 heteroatoms. The first-order valence-corrected chi connectivity index (χ1v) is 5.85. The highest BCUT2D eigenvalue weighted by Crippen LogP contribution is 2.25. The Labute approximate surface area is 100 Å². The molecule has 1 aliphatic rings. The average molecular weight is 236 g/mol. The van der Waals surface area contributed by atoms with Gasteiger partial charge in [-0.25, -0.2) is 0 Å². The number of halogens is 1. The van der Waals surface area contributed by atoms with Crippen LogP contribution in [0.15, 0.2) is 29.8 Å². The summed E-state index contributed by atoms with van der Waals surface area (Å²) in [7, 11) is 0. The fraction of sp³-hybridized carbons (Fsp3) is 0.308. The molecule has 84 valence electrons. The standard InChI is InChI=1S/C13H14ClNO/c14-10-6-7-12(15)11(8-10)13(16)9-4-2-1-3-5-9/h4,6-8H,1-3,5,15H2. The molecule has 0 atom stereocenters. The normalized spacial score (nSPS) is 15.7. The zero-order valence-corrected chi connectivity index (χ0v) is 9.76. The number of benzene rings is 1. The van der Waals surface area contributed by atoms with Crippen molar-refractivity contribution in [3.8, 4) is 0 Å². The fourth-order valence-corrected chi connectivity index (χ4v) is 2.11. The number of ketones is 1. The predicted molar refractivity (Wildman–Crippen MR) is 66.7 cm³/mol. The van der Waals surface area contributed by atoms with E-state index in [0.29, 0.717) is 16.3 Å². The Hall–Kier alpha value is -1.28. The van der Waals surface area contributed by atoms with Gasteiger partial charge in [0.05, 0.1) is 0 Å². The molecule has 0 spiro atoms. The van der Waals surface area contributed by atoms with Crippen molar-refractivity contribution in [2.45, 2.75) is 25.7 Å². The number of carbonyl (C=O) groups excluding carboxylic acids is 1. The Morgan fingerprint density at radius 2 is 2.12 bits per heavy atom. The third kappa shape index (κ3) is 2.27. The number of nitrogen functional groups attached to an aromatic ring is 1. The summed E-state index contributed by atoms with van der Waals surface area (Å²) in [4.78, 5) is 12.2. The van der Waals surface area contributed by atoms with E-state index in [1.165, 1.54) is 6.42 Å². The molecule has 0 aliphatic heterocycles. The Kier molecular flexibility index (Phi) is 3.30. The highest BCUT2D eigenvalue weighted by molar-refractivity contribution is 6.31. The van der Waals surface area contributed by atoms with Crippen LogP contribution in [0.25, 0.3) is 0 Å². The number of nitrogens with two attached hydrogens (primary N) is 1. The van der Waals surface area contributed by atoms with E-state index in [4.69, 9.17) is 17.3 Å². The lowest BCUT2D eigenvalue weighted by molar-refractivity contribution is 0.102. The second-order valence-corrected chi connectivity index (χ2v) is 4.47. The molecule has 16 heavy (non-hydrogen) atoms. The molecule has 0 bridgehead atoms. The van der Waals surface area contributed by atoms with Gasteiger partial charge in [-0.1, -0.05) is 17.7 Å². The first kappa shape index (κ1) is 11.2. The second-order valence-electron chi connectivity index (χ2n) is 4.04. The topological polar surface area (TPSA) is 43.1 Å². The van der Waals surface area contributed by atoms with Gasteiger partial charge in [0, 0.05) is 16.3 Å². The highest BCUT2D eigenvalue weighted by Gasteiger charge is 2.16. The summed E-state index contributed by atoms with van der Waals surface area (Å²) in [5.74, 6) is 0.0275. The van der Waals surface area contributed by atoms with Crippen LogP contribution in [-0.4, -0.2) is 5.78 Å². The van der Waals surface area contributed by atoms with Gasteiger partial charge in [-0.15, -0.1) is 0 Å². The van der Waals surface area contributed by atoms with Gasteiger partial charge in [0.2, 0.25) is 0 Å². The van der Waals surface area contributed by atoms with Crippen LogP contribution in [0.4, 0.5) is 5.69 Å². The second kappa shape index (κ2) is 4.71. The van der Waals surface area contributed by atoms with Crippen molar-refractivity contribution in [2.24, 2.45) is 0 Å². The van der Waals surface area contributed by atoms with E-state index in [1.807, 2.05) is 6.08 Å². The maximum Gasteiger partial charge on any atom is 0.190 e. The molecule has 1 aliphatic carbocycles. The number of rotatable bonds is 2. The molecule has 0 heterocycles. The van der Waals surface area contributed by atoms with Crippen LogP contribution >= 0.6 is 11.6 Å². The monoisotopic (exact) mass is 235 g/mol. The Bertz CT molecular complexity index is 451. The maximum absolute atomic E-state index is 12.2. The zero-order chi connectivity index (χ0) is 11.5. The summed E-state index contributed by atoms with van der Waals surface area (Å²) < 4.78 is 0. The van der Waals surface area contributed by atoms with Crippen molar-refractivity contribution < 1.29 is 4.79 Å². The Morgan fingerprint density at radius 1 is 1.31 bits per heavy atom. The van der Waals surface area contributed by atoms with Crippen LogP contribution in [0.3, 0.4) is 0 Å². The van der Waals surface area contributed by atoms with E-state index in [1.54, 1.807) is 18.2 Å². The third-order valence-corrected chi connectivity index (χ3v) is 3.08. The van der Waals surface area contributed by atoms with Crippen LogP contribution in [0.2, 0.25) is 5.02 Å². The summed E-state index contributed by atoms with van der Waals surface area (Å²) in [5, 5.41) is 0.550. The summed E-state index contributed by atoms with van der Waals surface area (Å²) in [6, 6.07) is 5.02. The number of hydrogen-bond donors (Lipinski definition) is 1. The summed E-state index contributed by atoms with van der Waals surface area (Å²) in [6.45, 7) is 0. The smallest absolute Gasteiger partial charge is 0.190 e. The number of Topliss-reactive ketones (excluding diaryl/α,β-unsaturated/α-hetero) is 1. The molecule has 2 rings (SSSR count). The Balaban J connectivity index is 2.33. The van der Waals surface area contributed by atoms with Crippen molar-refractivity contribution in [2.75, 3.05) is 5.73 Å². The molecular weight excluding hydrogens is 222 g/mol. The quantitative estimate of drug-likeness (QED) is 0.629. The lowest BCUT2D eigenvalue weighted by Gasteiger charge is -2.12. The number of carbonyl (C=O) groups is 1. The average Bonchev–Trinajstić information content (AvgIpc) is 2.32. The minimum absolute atomic E-state index is 0.0275. The summed E-state index contributed by atoms with van der Waals surface area (Å²) in [6.07, 6.45) is 6.11. The van der Waals surface area contributed by atoms with E-state index >= 15 is 0 Å². The van der Waals surface area contributed by atoms with E-state index in [2.05, 4.69) is 0 Å². The van der Waals surface area contributed by atoms with Gasteiger partial charge in [-0.2, -0.15) is 0 Å². The molecule has 0 saturated carbocycles. The van der Waals surface area contributed by atoms with Crippen LogP contribution in [0, 0.1) is 0 Å². The molecule has 0 radical (unpaired) electrons. The van der Waals surface area contributed by atoms with Crippen molar-refractivity contribution in [3.63, 3.8) is 0 Å². The molecule has 0 unspecified atom stereocenters. The highest BCUT2D eigenvalue weighted by atomic mass is 35.5. The molecule has 2 nitrogen and oxygen atoms in total. The zero-order valence-electron chi connectivity index (χ0n) is 9.00. The van der Waals surface area contributed by atoms with Gasteiger partial charge in [0.1, 0.15) is 0 Å². The molecule has 0 amide bonds. The maximum atomic E-state index is 12.2. The SMILES string of the molecule is Nc1ccc(Cl)cc1C(=O)C1=CCCCC1. The molecule has 0 fully saturated rings. The molecular formula is C13H14ClNO. The minimum atomic E-state index is 0.0275. The lowest BCUT2D eigenvalue weighted by Crippen LogP contribution is -2.09. The molecule has 1 aromatic carbocycles. The van der Waals surface area contributed by atoms with E-state index in [0.717, 1.165) is 24.8 Å². The van der Waals surface area contributed by atoms with Gasteiger partial charge in [-0.05, 0) is 49.5 Å². The van der Waals surface area contributed by atoms with Crippen LogP contribution in [-0.2, 0) is 0 Å². The summed E-state index contributed by atoms with van der Waals surface area (Å²) in [5.41, 5.74) is 7.69. The van der Waals surface area contributed by atoms with Crippen LogP contribution in [0.5, 0.6) is 0 Å². The van der Waals surface area contributed by atoms with Gasteiger partial charge in [0.15, 0.2) is 5.78 Å². The fourth-order valence-electron chi connectivity index (χ4n) is 1.94. The lowest BCUT2D eigenvalue weighted by atomic mass is 9.92. The van der Waals surface area contributed by atoms with Gasteiger partial charge in [-0.3, -0.25) is 4.79 Å². The summed E-state index contributed by atoms with van der Waals surface area (Å²) >= 11 is 5.87. The molecule has 2 N–H and O–H groups in total. The van der Waals surface area contributed by atoms with Crippen molar-refractivity contribution in [3.05, 3.63) is 40.4 Å².